The number of anilines is 1. The molecule has 1 saturated heterocycles. The lowest BCUT2D eigenvalue weighted by molar-refractivity contribution is 0.318. The summed E-state index contributed by atoms with van der Waals surface area (Å²) in [6, 6.07) is 5.65. The van der Waals surface area contributed by atoms with E-state index >= 15 is 0 Å². The third kappa shape index (κ3) is 3.40. The molecule has 1 aliphatic rings. The Morgan fingerprint density at radius 2 is 2.20 bits per heavy atom. The predicted octanol–water partition coefficient (Wildman–Crippen LogP) is 2.44. The second-order valence-electron chi connectivity index (χ2n) is 5.79. The molecule has 0 aromatic carbocycles. The van der Waals surface area contributed by atoms with E-state index in [-0.39, 0.29) is 5.84 Å². The summed E-state index contributed by atoms with van der Waals surface area (Å²) in [5, 5.41) is 11.8. The fraction of sp³-hybridized carbons (Fsp3) is 0.600. The topological polar surface area (TPSA) is 74.7 Å². The number of hydrogen-bond acceptors (Lipinski definition) is 4. The number of nitrogens with two attached hydrogens (primary N) is 1. The van der Waals surface area contributed by atoms with Gasteiger partial charge < -0.3 is 15.8 Å². The Morgan fingerprint density at radius 3 is 2.90 bits per heavy atom. The fourth-order valence-corrected chi connectivity index (χ4v) is 2.81. The molecule has 5 nitrogen and oxygen atoms in total. The number of oxime groups is 1. The molecule has 2 rings (SSSR count). The van der Waals surface area contributed by atoms with Gasteiger partial charge in [-0.1, -0.05) is 25.1 Å². The van der Waals surface area contributed by atoms with Crippen LogP contribution in [0.15, 0.2) is 23.4 Å². The van der Waals surface area contributed by atoms with Crippen molar-refractivity contribution in [2.75, 3.05) is 18.0 Å². The number of hydrogen-bond donors (Lipinski definition) is 2. The van der Waals surface area contributed by atoms with E-state index in [0.717, 1.165) is 30.7 Å². The van der Waals surface area contributed by atoms with Crippen LogP contribution in [0.1, 0.15) is 38.8 Å². The summed E-state index contributed by atoms with van der Waals surface area (Å²) in [5.41, 5.74) is 6.13. The number of pyridine rings is 1. The number of nitrogens with zero attached hydrogens (tertiary/aromatic N) is 3. The highest BCUT2D eigenvalue weighted by molar-refractivity contribution is 5.95. The highest BCUT2D eigenvalue weighted by atomic mass is 16.4. The van der Waals surface area contributed by atoms with Crippen LogP contribution in [0.4, 0.5) is 5.82 Å². The minimum Gasteiger partial charge on any atom is -0.409 e. The molecule has 1 aromatic rings. The average molecular weight is 276 g/mol. The molecule has 0 amide bonds. The van der Waals surface area contributed by atoms with Gasteiger partial charge >= 0.3 is 0 Å². The zero-order valence-corrected chi connectivity index (χ0v) is 12.3. The van der Waals surface area contributed by atoms with Crippen molar-refractivity contribution in [3.05, 3.63) is 23.9 Å². The third-order valence-electron chi connectivity index (χ3n) is 4.14. The lowest BCUT2D eigenvalue weighted by Crippen LogP contribution is -2.26. The van der Waals surface area contributed by atoms with Crippen molar-refractivity contribution < 1.29 is 5.21 Å². The van der Waals surface area contributed by atoms with Crippen LogP contribution in [0, 0.1) is 11.8 Å². The molecule has 110 valence electrons. The van der Waals surface area contributed by atoms with Crippen molar-refractivity contribution in [2.24, 2.45) is 22.7 Å². The quantitative estimate of drug-likeness (QED) is 0.385. The Hall–Kier alpha value is -1.78. The van der Waals surface area contributed by atoms with E-state index in [0.29, 0.717) is 5.69 Å². The molecule has 1 fully saturated rings. The van der Waals surface area contributed by atoms with Gasteiger partial charge in [-0.2, -0.15) is 0 Å². The number of amidine groups is 1. The van der Waals surface area contributed by atoms with Crippen molar-refractivity contribution in [3.63, 3.8) is 0 Å². The Morgan fingerprint density at radius 1 is 1.40 bits per heavy atom. The average Bonchev–Trinajstić information content (AvgIpc) is 2.72. The number of aromatic nitrogens is 1. The van der Waals surface area contributed by atoms with Crippen LogP contribution >= 0.6 is 0 Å². The monoisotopic (exact) mass is 276 g/mol. The van der Waals surface area contributed by atoms with Crippen LogP contribution in [-0.4, -0.2) is 29.1 Å². The van der Waals surface area contributed by atoms with E-state index in [1.165, 1.54) is 19.3 Å². The first kappa shape index (κ1) is 14.6. The molecular weight excluding hydrogens is 252 g/mol. The van der Waals surface area contributed by atoms with E-state index in [9.17, 15) is 0 Å². The van der Waals surface area contributed by atoms with E-state index in [4.69, 9.17) is 10.9 Å². The second-order valence-corrected chi connectivity index (χ2v) is 5.79. The molecule has 1 unspecified atom stereocenters. The van der Waals surface area contributed by atoms with Crippen molar-refractivity contribution in [1.82, 2.24) is 4.98 Å². The second kappa shape index (κ2) is 6.59. The van der Waals surface area contributed by atoms with E-state index < -0.39 is 0 Å². The van der Waals surface area contributed by atoms with Gasteiger partial charge in [-0.3, -0.25) is 0 Å². The first-order valence-electron chi connectivity index (χ1n) is 7.31. The number of rotatable bonds is 3. The summed E-state index contributed by atoms with van der Waals surface area (Å²) < 4.78 is 0. The van der Waals surface area contributed by atoms with Gasteiger partial charge in [0.15, 0.2) is 5.84 Å². The highest BCUT2D eigenvalue weighted by Gasteiger charge is 2.20. The lowest BCUT2D eigenvalue weighted by atomic mass is 9.89. The molecular formula is C15H24N4O. The van der Waals surface area contributed by atoms with Crippen molar-refractivity contribution in [3.8, 4) is 0 Å². The van der Waals surface area contributed by atoms with Gasteiger partial charge in [0.1, 0.15) is 11.5 Å². The highest BCUT2D eigenvalue weighted by Crippen LogP contribution is 2.26. The Labute approximate surface area is 120 Å². The Balaban J connectivity index is 2.12. The predicted molar refractivity (Wildman–Crippen MR) is 81.1 cm³/mol. The smallest absolute Gasteiger partial charge is 0.188 e. The van der Waals surface area contributed by atoms with Crippen LogP contribution in [0.2, 0.25) is 0 Å². The van der Waals surface area contributed by atoms with Gasteiger partial charge in [0.25, 0.3) is 0 Å². The molecule has 2 heterocycles. The molecule has 20 heavy (non-hydrogen) atoms. The molecule has 1 atom stereocenters. The van der Waals surface area contributed by atoms with Gasteiger partial charge in [-0.15, -0.1) is 0 Å². The molecule has 3 N–H and O–H groups in total. The van der Waals surface area contributed by atoms with Gasteiger partial charge in [-0.25, -0.2) is 4.98 Å². The van der Waals surface area contributed by atoms with Gasteiger partial charge in [0.2, 0.25) is 0 Å². The van der Waals surface area contributed by atoms with Crippen LogP contribution in [0.3, 0.4) is 0 Å². The summed E-state index contributed by atoms with van der Waals surface area (Å²) in [6.07, 6.45) is 3.68. The molecule has 0 radical (unpaired) electrons. The van der Waals surface area contributed by atoms with Gasteiger partial charge in [0.05, 0.1) is 0 Å². The molecule has 1 aliphatic heterocycles. The van der Waals surface area contributed by atoms with E-state index in [2.05, 4.69) is 28.9 Å². The van der Waals surface area contributed by atoms with Crippen LogP contribution in [0.25, 0.3) is 0 Å². The summed E-state index contributed by atoms with van der Waals surface area (Å²) in [4.78, 5) is 6.79. The Bertz CT molecular complexity index is 473. The van der Waals surface area contributed by atoms with E-state index in [1.807, 2.05) is 12.1 Å². The van der Waals surface area contributed by atoms with Gasteiger partial charge in [-0.05, 0) is 43.2 Å². The minimum absolute atomic E-state index is 0.0572. The summed E-state index contributed by atoms with van der Waals surface area (Å²) in [6.45, 7) is 6.65. The molecule has 0 spiro atoms. The maximum absolute atomic E-state index is 8.74. The van der Waals surface area contributed by atoms with Crippen molar-refractivity contribution >= 4 is 11.7 Å². The lowest BCUT2D eigenvalue weighted by Gasteiger charge is -2.22. The SMILES string of the molecule is CC(C)C1CCCN(c2cccc(C(N)=NO)n2)CC1. The van der Waals surface area contributed by atoms with Gasteiger partial charge in [0, 0.05) is 13.1 Å². The molecule has 0 bridgehead atoms. The maximum atomic E-state index is 8.74. The first-order chi connectivity index (χ1) is 9.61. The summed E-state index contributed by atoms with van der Waals surface area (Å²) in [7, 11) is 0. The van der Waals surface area contributed by atoms with Crippen molar-refractivity contribution in [2.45, 2.75) is 33.1 Å². The summed E-state index contributed by atoms with van der Waals surface area (Å²) in [5.74, 6) is 2.51. The fourth-order valence-electron chi connectivity index (χ4n) is 2.81. The van der Waals surface area contributed by atoms with Crippen LogP contribution in [0.5, 0.6) is 0 Å². The van der Waals surface area contributed by atoms with Crippen molar-refractivity contribution in [1.29, 1.82) is 0 Å². The zero-order valence-electron chi connectivity index (χ0n) is 12.3. The van der Waals surface area contributed by atoms with Crippen LogP contribution in [-0.2, 0) is 0 Å². The standard InChI is InChI=1S/C15H24N4O/c1-11(2)12-5-4-9-19(10-8-12)14-7-3-6-13(17-14)15(16)18-20/h3,6-7,11-12,20H,4-5,8-10H2,1-2H3,(H2,16,18). The maximum Gasteiger partial charge on any atom is 0.188 e. The first-order valence-corrected chi connectivity index (χ1v) is 7.31. The van der Waals surface area contributed by atoms with E-state index in [1.54, 1.807) is 6.07 Å². The largest absolute Gasteiger partial charge is 0.409 e. The molecule has 0 saturated carbocycles. The van der Waals surface area contributed by atoms with Crippen LogP contribution < -0.4 is 10.6 Å². The normalized spacial score (nSPS) is 21.1. The third-order valence-corrected chi connectivity index (χ3v) is 4.14. The zero-order chi connectivity index (χ0) is 14.5. The summed E-state index contributed by atoms with van der Waals surface area (Å²) >= 11 is 0. The minimum atomic E-state index is 0.0572. The molecule has 5 heteroatoms. The Kier molecular flexibility index (Phi) is 4.82. The molecule has 1 aromatic heterocycles. The molecule has 0 aliphatic carbocycles.